The lowest BCUT2D eigenvalue weighted by Crippen LogP contribution is -2.33. The molecule has 1 aromatic rings. The van der Waals surface area contributed by atoms with Gasteiger partial charge in [-0.2, -0.15) is 0 Å². The standard InChI is InChI=1S/C18H24O4/c1-4-5-11-17(21-14(2)19)18(22-15(3)20)13-12-16-9-7-6-8-10-16/h6-10,12-13,17-18H,4-5,11H2,1-3H3/b13-12+. The average molecular weight is 304 g/mol. The normalized spacial score (nSPS) is 13.6. The highest BCUT2D eigenvalue weighted by atomic mass is 16.6. The van der Waals surface area contributed by atoms with E-state index in [4.69, 9.17) is 9.47 Å². The molecule has 0 saturated carbocycles. The number of carbonyl (C=O) groups is 2. The van der Waals surface area contributed by atoms with Gasteiger partial charge in [0, 0.05) is 13.8 Å². The molecule has 2 unspecified atom stereocenters. The molecule has 0 heterocycles. The Morgan fingerprint density at radius 3 is 2.27 bits per heavy atom. The molecule has 1 aromatic carbocycles. The van der Waals surface area contributed by atoms with Crippen LogP contribution in [0.3, 0.4) is 0 Å². The Morgan fingerprint density at radius 1 is 1.09 bits per heavy atom. The van der Waals surface area contributed by atoms with Gasteiger partial charge in [-0.1, -0.05) is 49.8 Å². The van der Waals surface area contributed by atoms with Gasteiger partial charge in [-0.25, -0.2) is 0 Å². The maximum absolute atomic E-state index is 11.3. The van der Waals surface area contributed by atoms with E-state index in [0.717, 1.165) is 18.4 Å². The van der Waals surface area contributed by atoms with Crippen molar-refractivity contribution in [3.8, 4) is 0 Å². The van der Waals surface area contributed by atoms with Crippen LogP contribution in [0.25, 0.3) is 6.08 Å². The lowest BCUT2D eigenvalue weighted by Gasteiger charge is -2.24. The summed E-state index contributed by atoms with van der Waals surface area (Å²) in [6, 6.07) is 9.70. The summed E-state index contributed by atoms with van der Waals surface area (Å²) >= 11 is 0. The molecule has 22 heavy (non-hydrogen) atoms. The van der Waals surface area contributed by atoms with Crippen LogP contribution in [0, 0.1) is 0 Å². The van der Waals surface area contributed by atoms with Gasteiger partial charge in [-0.3, -0.25) is 9.59 Å². The van der Waals surface area contributed by atoms with Crippen molar-refractivity contribution in [1.29, 1.82) is 0 Å². The van der Waals surface area contributed by atoms with Gasteiger partial charge in [0.2, 0.25) is 0 Å². The summed E-state index contributed by atoms with van der Waals surface area (Å²) < 4.78 is 10.7. The van der Waals surface area contributed by atoms with E-state index in [1.807, 2.05) is 36.4 Å². The third kappa shape index (κ3) is 7.07. The topological polar surface area (TPSA) is 52.6 Å². The van der Waals surface area contributed by atoms with E-state index in [-0.39, 0.29) is 5.97 Å². The van der Waals surface area contributed by atoms with Crippen LogP contribution in [-0.2, 0) is 19.1 Å². The summed E-state index contributed by atoms with van der Waals surface area (Å²) in [5.41, 5.74) is 0.997. The van der Waals surface area contributed by atoms with E-state index in [1.54, 1.807) is 6.08 Å². The van der Waals surface area contributed by atoms with E-state index < -0.39 is 18.2 Å². The van der Waals surface area contributed by atoms with Crippen molar-refractivity contribution >= 4 is 18.0 Å². The number of hydrogen-bond donors (Lipinski definition) is 0. The van der Waals surface area contributed by atoms with E-state index in [1.165, 1.54) is 13.8 Å². The van der Waals surface area contributed by atoms with Gasteiger partial charge >= 0.3 is 11.9 Å². The summed E-state index contributed by atoms with van der Waals surface area (Å²) in [6.45, 7) is 4.78. The molecule has 0 fully saturated rings. The molecule has 0 aromatic heterocycles. The highest BCUT2D eigenvalue weighted by molar-refractivity contribution is 5.68. The maximum Gasteiger partial charge on any atom is 0.303 e. The van der Waals surface area contributed by atoms with Crippen molar-refractivity contribution in [3.05, 3.63) is 42.0 Å². The van der Waals surface area contributed by atoms with Gasteiger partial charge < -0.3 is 9.47 Å². The van der Waals surface area contributed by atoms with Gasteiger partial charge in [0.15, 0.2) is 6.10 Å². The lowest BCUT2D eigenvalue weighted by molar-refractivity contribution is -0.162. The fourth-order valence-electron chi connectivity index (χ4n) is 2.11. The van der Waals surface area contributed by atoms with Gasteiger partial charge in [0.25, 0.3) is 0 Å². The van der Waals surface area contributed by atoms with Crippen molar-refractivity contribution in [2.45, 2.75) is 52.2 Å². The van der Waals surface area contributed by atoms with E-state index in [9.17, 15) is 9.59 Å². The number of hydrogen-bond acceptors (Lipinski definition) is 4. The molecule has 2 atom stereocenters. The zero-order chi connectivity index (χ0) is 16.4. The highest BCUT2D eigenvalue weighted by Gasteiger charge is 2.24. The first-order valence-corrected chi connectivity index (χ1v) is 7.60. The Morgan fingerprint density at radius 2 is 1.73 bits per heavy atom. The Labute approximate surface area is 132 Å². The number of unbranched alkanes of at least 4 members (excludes halogenated alkanes) is 1. The summed E-state index contributed by atoms with van der Waals surface area (Å²) in [5.74, 6) is -0.761. The molecule has 1 rings (SSSR count). The molecule has 0 spiro atoms. The van der Waals surface area contributed by atoms with Crippen molar-refractivity contribution in [2.75, 3.05) is 0 Å². The maximum atomic E-state index is 11.3. The van der Waals surface area contributed by atoms with Crippen LogP contribution in [0.1, 0.15) is 45.6 Å². The summed E-state index contributed by atoms with van der Waals surface area (Å²) in [4.78, 5) is 22.6. The molecule has 0 N–H and O–H groups in total. The van der Waals surface area contributed by atoms with Crippen LogP contribution in [0.2, 0.25) is 0 Å². The minimum absolute atomic E-state index is 0.369. The third-order valence-electron chi connectivity index (χ3n) is 3.11. The predicted molar refractivity (Wildman–Crippen MR) is 86.1 cm³/mol. The largest absolute Gasteiger partial charge is 0.458 e. The monoisotopic (exact) mass is 304 g/mol. The van der Waals surface area contributed by atoms with Gasteiger partial charge in [0.05, 0.1) is 0 Å². The average Bonchev–Trinajstić information content (AvgIpc) is 2.48. The van der Waals surface area contributed by atoms with Crippen LogP contribution in [-0.4, -0.2) is 24.1 Å². The van der Waals surface area contributed by atoms with Crippen LogP contribution in [0.4, 0.5) is 0 Å². The van der Waals surface area contributed by atoms with Gasteiger partial charge in [0.1, 0.15) is 6.10 Å². The second-order valence-corrected chi connectivity index (χ2v) is 5.13. The van der Waals surface area contributed by atoms with E-state index >= 15 is 0 Å². The summed E-state index contributed by atoms with van der Waals surface area (Å²) in [6.07, 6.45) is 5.15. The second kappa shape index (κ2) is 9.77. The molecule has 0 bridgehead atoms. The Bertz CT molecular complexity index is 493. The van der Waals surface area contributed by atoms with Crippen LogP contribution >= 0.6 is 0 Å². The first kappa shape index (κ1) is 18.0. The fraction of sp³-hybridized carbons (Fsp3) is 0.444. The minimum Gasteiger partial charge on any atom is -0.458 e. The van der Waals surface area contributed by atoms with Crippen molar-refractivity contribution in [1.82, 2.24) is 0 Å². The molecular weight excluding hydrogens is 280 g/mol. The zero-order valence-electron chi connectivity index (χ0n) is 13.5. The first-order chi connectivity index (χ1) is 10.5. The molecule has 0 aliphatic rings. The van der Waals surface area contributed by atoms with Crippen molar-refractivity contribution in [3.63, 3.8) is 0 Å². The number of ether oxygens (including phenoxy) is 2. The number of esters is 2. The molecule has 0 amide bonds. The number of benzene rings is 1. The molecule has 4 heteroatoms. The molecule has 120 valence electrons. The van der Waals surface area contributed by atoms with Crippen LogP contribution < -0.4 is 0 Å². The number of rotatable bonds is 8. The Balaban J connectivity index is 2.88. The highest BCUT2D eigenvalue weighted by Crippen LogP contribution is 2.16. The quantitative estimate of drug-likeness (QED) is 0.686. The summed E-state index contributed by atoms with van der Waals surface area (Å²) in [7, 11) is 0. The van der Waals surface area contributed by atoms with Crippen LogP contribution in [0.5, 0.6) is 0 Å². The van der Waals surface area contributed by atoms with Gasteiger partial charge in [-0.15, -0.1) is 0 Å². The molecular formula is C18H24O4. The van der Waals surface area contributed by atoms with Crippen LogP contribution in [0.15, 0.2) is 36.4 Å². The fourth-order valence-corrected chi connectivity index (χ4v) is 2.11. The molecule has 0 saturated heterocycles. The molecule has 0 aliphatic heterocycles. The van der Waals surface area contributed by atoms with Gasteiger partial charge in [-0.05, 0) is 24.5 Å². The van der Waals surface area contributed by atoms with E-state index in [0.29, 0.717) is 6.42 Å². The summed E-state index contributed by atoms with van der Waals surface area (Å²) in [5, 5.41) is 0. The SMILES string of the molecule is CCCCC(OC(C)=O)C(/C=C/c1ccccc1)OC(C)=O. The third-order valence-corrected chi connectivity index (χ3v) is 3.11. The minimum atomic E-state index is -0.576. The zero-order valence-corrected chi connectivity index (χ0v) is 13.5. The van der Waals surface area contributed by atoms with Crippen molar-refractivity contribution < 1.29 is 19.1 Å². The predicted octanol–water partition coefficient (Wildman–Crippen LogP) is 3.75. The molecule has 0 radical (unpaired) electrons. The van der Waals surface area contributed by atoms with Crippen molar-refractivity contribution in [2.24, 2.45) is 0 Å². The van der Waals surface area contributed by atoms with E-state index in [2.05, 4.69) is 6.92 Å². The molecule has 0 aliphatic carbocycles. The molecule has 4 nitrogen and oxygen atoms in total. The smallest absolute Gasteiger partial charge is 0.303 e. The Hall–Kier alpha value is -2.10. The Kier molecular flexibility index (Phi) is 7.97. The first-order valence-electron chi connectivity index (χ1n) is 7.60. The second-order valence-electron chi connectivity index (χ2n) is 5.13. The number of carbonyl (C=O) groups excluding carboxylic acids is 2. The lowest BCUT2D eigenvalue weighted by atomic mass is 10.1.